The highest BCUT2D eigenvalue weighted by Gasteiger charge is 2.30. The normalized spacial score (nSPS) is 21.8. The minimum absolute atomic E-state index is 0.788. The van der Waals surface area contributed by atoms with Gasteiger partial charge in [-0.3, -0.25) is 4.90 Å². The molecule has 1 heterocycles. The molecule has 2 heteroatoms. The van der Waals surface area contributed by atoms with E-state index in [0.29, 0.717) is 0 Å². The Bertz CT molecular complexity index is 768. The molecule has 5 rings (SSSR count). The van der Waals surface area contributed by atoms with Gasteiger partial charge >= 0.3 is 0 Å². The molecule has 0 amide bonds. The zero-order chi connectivity index (χ0) is 18.1. The second-order valence-electron chi connectivity index (χ2n) is 8.96. The van der Waals surface area contributed by atoms with Gasteiger partial charge in [-0.25, -0.2) is 0 Å². The van der Waals surface area contributed by atoms with Gasteiger partial charge in [0.2, 0.25) is 0 Å². The largest absolute Gasteiger partial charge is 0.372 e. The molecule has 2 fully saturated rings. The van der Waals surface area contributed by atoms with Crippen LogP contribution in [0.3, 0.4) is 0 Å². The van der Waals surface area contributed by atoms with Gasteiger partial charge in [-0.05, 0) is 59.2 Å². The van der Waals surface area contributed by atoms with E-state index in [1.165, 1.54) is 91.7 Å². The Morgan fingerprint density at radius 3 is 2.11 bits per heavy atom. The van der Waals surface area contributed by atoms with Crippen molar-refractivity contribution in [2.24, 2.45) is 0 Å². The Labute approximate surface area is 163 Å². The highest BCUT2D eigenvalue weighted by Crippen LogP contribution is 2.36. The molecule has 0 N–H and O–H groups in total. The molecule has 0 aromatic heterocycles. The van der Waals surface area contributed by atoms with Crippen LogP contribution in [0.5, 0.6) is 0 Å². The molecule has 0 spiro atoms. The molecule has 27 heavy (non-hydrogen) atoms. The maximum Gasteiger partial charge on any atom is 0.0731 e. The average Bonchev–Trinajstić information content (AvgIpc) is 3.24. The van der Waals surface area contributed by atoms with E-state index in [2.05, 4.69) is 35.2 Å². The standard InChI is InChI=1S/C25H33NO/c1-3-10-21(11-4-1)26(22-12-5-2-6-13-22)16-20-15-19-9-7-8-14-23(19)25-18-27-17-24(20)25/h7-9,14-15,21-22H,1-6,10-13,16-18H2. The molecule has 2 aromatic rings. The van der Waals surface area contributed by atoms with Crippen molar-refractivity contribution >= 4 is 10.8 Å². The molecule has 2 saturated carbocycles. The summed E-state index contributed by atoms with van der Waals surface area (Å²) in [7, 11) is 0. The van der Waals surface area contributed by atoms with Crippen molar-refractivity contribution < 1.29 is 4.74 Å². The topological polar surface area (TPSA) is 12.5 Å². The van der Waals surface area contributed by atoms with Gasteiger partial charge in [-0.15, -0.1) is 0 Å². The summed E-state index contributed by atoms with van der Waals surface area (Å²) < 4.78 is 5.92. The van der Waals surface area contributed by atoms with Crippen LogP contribution in [0.15, 0.2) is 30.3 Å². The Kier molecular flexibility index (Phi) is 5.20. The van der Waals surface area contributed by atoms with Gasteiger partial charge in [0.1, 0.15) is 0 Å². The lowest BCUT2D eigenvalue weighted by Gasteiger charge is -2.42. The summed E-state index contributed by atoms with van der Waals surface area (Å²) in [6.45, 7) is 2.72. The second-order valence-corrected chi connectivity index (χ2v) is 8.96. The van der Waals surface area contributed by atoms with E-state index in [1.807, 2.05) is 0 Å². The first kappa shape index (κ1) is 17.7. The number of ether oxygens (including phenoxy) is 1. The molecule has 144 valence electrons. The molecule has 0 unspecified atom stereocenters. The highest BCUT2D eigenvalue weighted by molar-refractivity contribution is 5.88. The van der Waals surface area contributed by atoms with Crippen LogP contribution in [-0.2, 0) is 24.5 Å². The summed E-state index contributed by atoms with van der Waals surface area (Å²) in [5.74, 6) is 0. The summed E-state index contributed by atoms with van der Waals surface area (Å²) in [5, 5.41) is 2.79. The Balaban J connectivity index is 1.50. The Morgan fingerprint density at radius 2 is 1.41 bits per heavy atom. The smallest absolute Gasteiger partial charge is 0.0731 e. The van der Waals surface area contributed by atoms with Gasteiger partial charge in [0, 0.05) is 18.6 Å². The molecule has 2 aromatic carbocycles. The van der Waals surface area contributed by atoms with E-state index in [9.17, 15) is 0 Å². The molecule has 2 aliphatic carbocycles. The molecule has 1 aliphatic heterocycles. The summed E-state index contributed by atoms with van der Waals surface area (Å²) in [6, 6.07) is 13.0. The summed E-state index contributed by atoms with van der Waals surface area (Å²) >= 11 is 0. The average molecular weight is 364 g/mol. The molecule has 0 atom stereocenters. The fourth-order valence-corrected chi connectivity index (χ4v) is 5.85. The fourth-order valence-electron chi connectivity index (χ4n) is 5.85. The first-order valence-corrected chi connectivity index (χ1v) is 11.3. The minimum Gasteiger partial charge on any atom is -0.372 e. The van der Waals surface area contributed by atoms with Gasteiger partial charge in [0.25, 0.3) is 0 Å². The number of nitrogens with zero attached hydrogens (tertiary/aromatic N) is 1. The SMILES string of the molecule is c1ccc2c3c(c(CN(C4CCCCC4)C4CCCCC4)cc2c1)COC3. The lowest BCUT2D eigenvalue weighted by atomic mass is 9.87. The predicted octanol–water partition coefficient (Wildman–Crippen LogP) is 6.34. The van der Waals surface area contributed by atoms with Gasteiger partial charge in [-0.2, -0.15) is 0 Å². The number of hydrogen-bond donors (Lipinski definition) is 0. The molecular weight excluding hydrogens is 330 g/mol. The zero-order valence-corrected chi connectivity index (χ0v) is 16.6. The van der Waals surface area contributed by atoms with E-state index < -0.39 is 0 Å². The molecular formula is C25H33NO. The molecule has 0 saturated heterocycles. The Morgan fingerprint density at radius 1 is 0.778 bits per heavy atom. The lowest BCUT2D eigenvalue weighted by molar-refractivity contribution is 0.0722. The quantitative estimate of drug-likeness (QED) is 0.628. The van der Waals surface area contributed by atoms with Crippen LogP contribution in [0.25, 0.3) is 10.8 Å². The van der Waals surface area contributed by atoms with E-state index >= 15 is 0 Å². The summed E-state index contributed by atoms with van der Waals surface area (Å²) in [6.07, 6.45) is 14.2. The second kappa shape index (κ2) is 7.93. The summed E-state index contributed by atoms with van der Waals surface area (Å²) in [4.78, 5) is 2.93. The zero-order valence-electron chi connectivity index (χ0n) is 16.6. The third-order valence-corrected chi connectivity index (χ3v) is 7.30. The monoisotopic (exact) mass is 363 g/mol. The van der Waals surface area contributed by atoms with Crippen LogP contribution in [0, 0.1) is 0 Å². The number of rotatable bonds is 4. The van der Waals surface area contributed by atoms with Crippen molar-refractivity contribution in [2.45, 2.75) is 96.1 Å². The first-order chi connectivity index (χ1) is 13.4. The predicted molar refractivity (Wildman–Crippen MR) is 112 cm³/mol. The molecule has 0 radical (unpaired) electrons. The van der Waals surface area contributed by atoms with Crippen LogP contribution in [0.1, 0.15) is 80.9 Å². The van der Waals surface area contributed by atoms with Crippen molar-refractivity contribution in [1.29, 1.82) is 0 Å². The van der Waals surface area contributed by atoms with E-state index in [0.717, 1.165) is 31.8 Å². The van der Waals surface area contributed by atoms with Crippen molar-refractivity contribution in [3.05, 3.63) is 47.0 Å². The van der Waals surface area contributed by atoms with Crippen molar-refractivity contribution in [3.8, 4) is 0 Å². The van der Waals surface area contributed by atoms with Gasteiger partial charge in [-0.1, -0.05) is 62.8 Å². The van der Waals surface area contributed by atoms with Crippen molar-refractivity contribution in [1.82, 2.24) is 4.90 Å². The maximum absolute atomic E-state index is 5.92. The molecule has 0 bridgehead atoms. The van der Waals surface area contributed by atoms with Crippen LogP contribution in [0.2, 0.25) is 0 Å². The van der Waals surface area contributed by atoms with Gasteiger partial charge in [0.15, 0.2) is 0 Å². The number of hydrogen-bond acceptors (Lipinski definition) is 2. The first-order valence-electron chi connectivity index (χ1n) is 11.3. The third kappa shape index (κ3) is 3.54. The number of fused-ring (bicyclic) bond motifs is 3. The summed E-state index contributed by atoms with van der Waals surface area (Å²) in [5.41, 5.74) is 4.48. The van der Waals surface area contributed by atoms with Crippen LogP contribution >= 0.6 is 0 Å². The van der Waals surface area contributed by atoms with Crippen LogP contribution in [0.4, 0.5) is 0 Å². The van der Waals surface area contributed by atoms with Crippen molar-refractivity contribution in [3.63, 3.8) is 0 Å². The fraction of sp³-hybridized carbons (Fsp3) is 0.600. The van der Waals surface area contributed by atoms with Gasteiger partial charge in [0.05, 0.1) is 13.2 Å². The van der Waals surface area contributed by atoms with Gasteiger partial charge < -0.3 is 4.74 Å². The molecule has 2 nitrogen and oxygen atoms in total. The van der Waals surface area contributed by atoms with E-state index in [4.69, 9.17) is 4.74 Å². The number of benzene rings is 2. The minimum atomic E-state index is 0.788. The van der Waals surface area contributed by atoms with E-state index in [-0.39, 0.29) is 0 Å². The third-order valence-electron chi connectivity index (χ3n) is 7.30. The van der Waals surface area contributed by atoms with Crippen LogP contribution in [-0.4, -0.2) is 17.0 Å². The maximum atomic E-state index is 5.92. The van der Waals surface area contributed by atoms with Crippen molar-refractivity contribution in [2.75, 3.05) is 0 Å². The molecule has 3 aliphatic rings. The van der Waals surface area contributed by atoms with E-state index in [1.54, 1.807) is 0 Å². The lowest BCUT2D eigenvalue weighted by Crippen LogP contribution is -2.44. The Hall–Kier alpha value is -1.38. The highest BCUT2D eigenvalue weighted by atomic mass is 16.5. The van der Waals surface area contributed by atoms with Crippen LogP contribution < -0.4 is 0 Å².